The molecule has 0 aromatic carbocycles. The maximum absolute atomic E-state index is 12.9. The summed E-state index contributed by atoms with van der Waals surface area (Å²) in [5.41, 5.74) is 1.46. The minimum atomic E-state index is -2.61. The molecule has 106 valence electrons. The average Bonchev–Trinajstić information content (AvgIpc) is 2.78. The van der Waals surface area contributed by atoms with E-state index >= 15 is 0 Å². The van der Waals surface area contributed by atoms with Crippen molar-refractivity contribution in [3.8, 4) is 0 Å². The summed E-state index contributed by atoms with van der Waals surface area (Å²) in [6.07, 6.45) is 3.22. The van der Waals surface area contributed by atoms with Gasteiger partial charge in [0.1, 0.15) is 5.65 Å². The zero-order valence-electron chi connectivity index (χ0n) is 10.8. The summed E-state index contributed by atoms with van der Waals surface area (Å²) in [6, 6.07) is 3.40. The molecule has 0 aliphatic carbocycles. The van der Waals surface area contributed by atoms with Gasteiger partial charge in [-0.2, -0.15) is 0 Å². The molecule has 1 aliphatic rings. The molecule has 7 heteroatoms. The second-order valence-corrected chi connectivity index (χ2v) is 4.71. The Hall–Kier alpha value is -2.18. The third kappa shape index (κ3) is 2.19. The Kier molecular flexibility index (Phi) is 2.84. The van der Waals surface area contributed by atoms with Crippen molar-refractivity contribution in [1.29, 1.82) is 0 Å². The van der Waals surface area contributed by atoms with Crippen LogP contribution in [0.1, 0.15) is 17.4 Å². The molecule has 0 amide bonds. The first-order valence-corrected chi connectivity index (χ1v) is 6.27. The fourth-order valence-corrected chi connectivity index (χ4v) is 2.17. The van der Waals surface area contributed by atoms with Crippen LogP contribution in [-0.4, -0.2) is 41.0 Å². The van der Waals surface area contributed by atoms with Crippen molar-refractivity contribution in [2.24, 2.45) is 0 Å². The van der Waals surface area contributed by atoms with E-state index in [9.17, 15) is 13.6 Å². The summed E-state index contributed by atoms with van der Waals surface area (Å²) in [4.78, 5) is 17.3. The molecule has 0 N–H and O–H groups in total. The lowest BCUT2D eigenvalue weighted by atomic mass is 10.1. The van der Waals surface area contributed by atoms with E-state index in [1.807, 2.05) is 0 Å². The van der Waals surface area contributed by atoms with Crippen LogP contribution in [0.5, 0.6) is 0 Å². The summed E-state index contributed by atoms with van der Waals surface area (Å²) in [6.45, 7) is 1.44. The van der Waals surface area contributed by atoms with E-state index < -0.39 is 11.9 Å². The van der Waals surface area contributed by atoms with Crippen LogP contribution in [-0.2, 0) is 4.74 Å². The van der Waals surface area contributed by atoms with Gasteiger partial charge in [0.15, 0.2) is 5.69 Å². The lowest BCUT2D eigenvalue weighted by molar-refractivity contribution is -0.0262. The van der Waals surface area contributed by atoms with Crippen LogP contribution in [0, 0.1) is 0 Å². The molecule has 0 unspecified atom stereocenters. The van der Waals surface area contributed by atoms with Gasteiger partial charge in [-0.15, -0.1) is 0 Å². The van der Waals surface area contributed by atoms with Crippen molar-refractivity contribution in [3.63, 3.8) is 0 Å². The molecule has 20 heavy (non-hydrogen) atoms. The zero-order chi connectivity index (χ0) is 14.3. The number of carbonyl (C=O) groups is 1. The van der Waals surface area contributed by atoms with E-state index in [1.54, 1.807) is 34.6 Å². The highest BCUT2D eigenvalue weighted by molar-refractivity contribution is 5.88. The zero-order valence-corrected chi connectivity index (χ0v) is 10.8. The molecule has 2 aromatic heterocycles. The molecule has 0 bridgehead atoms. The number of hydrogen-bond donors (Lipinski definition) is 0. The lowest BCUT2D eigenvalue weighted by Crippen LogP contribution is -2.56. The van der Waals surface area contributed by atoms with Crippen molar-refractivity contribution in [3.05, 3.63) is 30.2 Å². The Morgan fingerprint density at radius 3 is 2.80 bits per heavy atom. The molecule has 0 saturated carbocycles. The number of anilines is 1. The predicted molar refractivity (Wildman–Crippen MR) is 68.3 cm³/mol. The first-order chi connectivity index (χ1) is 9.48. The largest absolute Gasteiger partial charge is 0.461 e. The Balaban J connectivity index is 1.86. The normalized spacial score (nSPS) is 17.1. The maximum Gasteiger partial charge on any atom is 0.358 e. The van der Waals surface area contributed by atoms with Gasteiger partial charge in [0, 0.05) is 12.4 Å². The quantitative estimate of drug-likeness (QED) is 0.807. The molecular formula is C13H13F2N3O2. The fourth-order valence-electron chi connectivity index (χ4n) is 2.17. The summed E-state index contributed by atoms with van der Waals surface area (Å²) in [5.74, 6) is -3.10. The van der Waals surface area contributed by atoms with Crippen LogP contribution < -0.4 is 4.90 Å². The molecule has 0 radical (unpaired) electrons. The van der Waals surface area contributed by atoms with E-state index in [4.69, 9.17) is 4.74 Å². The Morgan fingerprint density at radius 1 is 1.40 bits per heavy atom. The van der Waals surface area contributed by atoms with Crippen molar-refractivity contribution in [2.45, 2.75) is 12.8 Å². The first kappa shape index (κ1) is 12.8. The SMILES string of the molecule is CCOC(=O)c1cn2cc(N3CC(F)(F)C3)ccc2n1. The average molecular weight is 281 g/mol. The van der Waals surface area contributed by atoms with Crippen LogP contribution >= 0.6 is 0 Å². The maximum atomic E-state index is 12.9. The number of halogens is 2. The van der Waals surface area contributed by atoms with Gasteiger partial charge in [0.05, 0.1) is 25.4 Å². The number of pyridine rings is 1. The van der Waals surface area contributed by atoms with E-state index in [1.165, 1.54) is 6.20 Å². The fraction of sp³-hybridized carbons (Fsp3) is 0.385. The van der Waals surface area contributed by atoms with Gasteiger partial charge < -0.3 is 14.0 Å². The minimum absolute atomic E-state index is 0.206. The van der Waals surface area contributed by atoms with Crippen LogP contribution in [0.3, 0.4) is 0 Å². The highest BCUT2D eigenvalue weighted by Gasteiger charge is 2.44. The number of alkyl halides is 2. The van der Waals surface area contributed by atoms with Gasteiger partial charge in [-0.05, 0) is 19.1 Å². The topological polar surface area (TPSA) is 46.8 Å². The molecule has 1 fully saturated rings. The number of esters is 1. The number of hydrogen-bond acceptors (Lipinski definition) is 4. The highest BCUT2D eigenvalue weighted by atomic mass is 19.3. The number of nitrogens with zero attached hydrogens (tertiary/aromatic N) is 3. The molecule has 5 nitrogen and oxygen atoms in total. The van der Waals surface area contributed by atoms with Gasteiger partial charge in [0.2, 0.25) is 0 Å². The smallest absolute Gasteiger partial charge is 0.358 e. The highest BCUT2D eigenvalue weighted by Crippen LogP contribution is 2.31. The first-order valence-electron chi connectivity index (χ1n) is 6.27. The van der Waals surface area contributed by atoms with E-state index in [0.29, 0.717) is 11.3 Å². The van der Waals surface area contributed by atoms with Crippen molar-refractivity contribution in [2.75, 3.05) is 24.6 Å². The summed E-state index contributed by atoms with van der Waals surface area (Å²) in [5, 5.41) is 0. The van der Waals surface area contributed by atoms with Gasteiger partial charge in [-0.25, -0.2) is 18.6 Å². The molecule has 1 aliphatic heterocycles. The Bertz CT molecular complexity index is 661. The number of aromatic nitrogens is 2. The molecule has 2 aromatic rings. The van der Waals surface area contributed by atoms with E-state index in [0.717, 1.165) is 0 Å². The monoisotopic (exact) mass is 281 g/mol. The number of rotatable bonds is 3. The van der Waals surface area contributed by atoms with E-state index in [-0.39, 0.29) is 25.4 Å². The summed E-state index contributed by atoms with van der Waals surface area (Å²) >= 11 is 0. The lowest BCUT2D eigenvalue weighted by Gasteiger charge is -2.40. The van der Waals surface area contributed by atoms with Gasteiger partial charge in [-0.3, -0.25) is 0 Å². The van der Waals surface area contributed by atoms with Crippen LogP contribution in [0.15, 0.2) is 24.5 Å². The van der Waals surface area contributed by atoms with Gasteiger partial charge >= 0.3 is 5.97 Å². The van der Waals surface area contributed by atoms with Crippen LogP contribution in [0.2, 0.25) is 0 Å². The second-order valence-electron chi connectivity index (χ2n) is 4.71. The van der Waals surface area contributed by atoms with Gasteiger partial charge in [0.25, 0.3) is 5.92 Å². The third-order valence-electron chi connectivity index (χ3n) is 3.13. The predicted octanol–water partition coefficient (Wildman–Crippen LogP) is 1.97. The number of fused-ring (bicyclic) bond motifs is 1. The molecule has 3 heterocycles. The summed E-state index contributed by atoms with van der Waals surface area (Å²) < 4.78 is 32.2. The molecule has 1 saturated heterocycles. The molecule has 0 atom stereocenters. The van der Waals surface area contributed by atoms with Crippen LogP contribution in [0.25, 0.3) is 5.65 Å². The summed E-state index contributed by atoms with van der Waals surface area (Å²) in [7, 11) is 0. The van der Waals surface area contributed by atoms with Crippen molar-refractivity contribution >= 4 is 17.3 Å². The number of ether oxygens (including phenoxy) is 1. The minimum Gasteiger partial charge on any atom is -0.461 e. The Morgan fingerprint density at radius 2 is 2.15 bits per heavy atom. The molecule has 3 rings (SSSR count). The standard InChI is InChI=1S/C13H13F2N3O2/c1-2-20-12(19)10-6-17-5-9(3-4-11(17)16-10)18-7-13(14,15)8-18/h3-6H,2,7-8H2,1H3. The van der Waals surface area contributed by atoms with Crippen molar-refractivity contribution < 1.29 is 18.3 Å². The number of imidazole rings is 1. The Labute approximate surface area is 113 Å². The third-order valence-corrected chi connectivity index (χ3v) is 3.13. The molecular weight excluding hydrogens is 268 g/mol. The van der Waals surface area contributed by atoms with Crippen LogP contribution in [0.4, 0.5) is 14.5 Å². The van der Waals surface area contributed by atoms with Gasteiger partial charge in [-0.1, -0.05) is 0 Å². The molecule has 0 spiro atoms. The van der Waals surface area contributed by atoms with E-state index in [2.05, 4.69) is 4.98 Å². The number of carbonyl (C=O) groups excluding carboxylic acids is 1. The second kappa shape index (κ2) is 4.43. The van der Waals surface area contributed by atoms with Crippen molar-refractivity contribution in [1.82, 2.24) is 9.38 Å².